The number of hydrogen-bond acceptors (Lipinski definition) is 4. The lowest BCUT2D eigenvalue weighted by molar-refractivity contribution is -0.00629. The van der Waals surface area contributed by atoms with Crippen LogP contribution in [0.15, 0.2) is 60.7 Å². The van der Waals surface area contributed by atoms with Gasteiger partial charge in [0.1, 0.15) is 17.6 Å². The minimum absolute atomic E-state index is 0.105. The van der Waals surface area contributed by atoms with Gasteiger partial charge in [0.05, 0.1) is 6.67 Å². The number of nitrogens with zero attached hydrogens (tertiary/aromatic N) is 1. The van der Waals surface area contributed by atoms with Gasteiger partial charge in [-0.2, -0.15) is 0 Å². The SMILES string of the molecule is Cc1c(O)cccc1C1=C(c2ccc(OC3CCN(CCCF)C3)cc2)c2ccc(OF)cc2CCC1. The molecule has 1 N–H and O–H groups in total. The first-order chi connectivity index (χ1) is 18.1. The van der Waals surface area contributed by atoms with Gasteiger partial charge in [0, 0.05) is 24.2 Å². The molecule has 0 amide bonds. The maximum Gasteiger partial charge on any atom is 0.172 e. The number of alkyl halides is 1. The lowest BCUT2D eigenvalue weighted by Gasteiger charge is -2.19. The first-order valence-corrected chi connectivity index (χ1v) is 13.1. The maximum atomic E-state index is 13.0. The third kappa shape index (κ3) is 5.49. The number of phenols is 1. The fourth-order valence-corrected chi connectivity index (χ4v) is 5.63. The Morgan fingerprint density at radius 2 is 1.81 bits per heavy atom. The van der Waals surface area contributed by atoms with E-state index in [0.717, 1.165) is 90.0 Å². The van der Waals surface area contributed by atoms with Crippen molar-refractivity contribution >= 4 is 11.1 Å². The average Bonchev–Trinajstić information content (AvgIpc) is 3.28. The Bertz CT molecular complexity index is 1270. The van der Waals surface area contributed by atoms with E-state index < -0.39 is 0 Å². The Labute approximate surface area is 217 Å². The molecule has 1 aliphatic carbocycles. The highest BCUT2D eigenvalue weighted by Gasteiger charge is 2.25. The van der Waals surface area contributed by atoms with Crippen molar-refractivity contribution in [1.29, 1.82) is 0 Å². The Morgan fingerprint density at radius 1 is 1.00 bits per heavy atom. The fourth-order valence-electron chi connectivity index (χ4n) is 5.63. The quantitative estimate of drug-likeness (QED) is 0.356. The van der Waals surface area contributed by atoms with Gasteiger partial charge in [-0.25, -0.2) is 0 Å². The molecule has 194 valence electrons. The lowest BCUT2D eigenvalue weighted by atomic mass is 9.86. The minimum Gasteiger partial charge on any atom is -0.508 e. The summed E-state index contributed by atoms with van der Waals surface area (Å²) < 4.78 is 31.8. The number of allylic oxidation sites excluding steroid dienone is 1. The van der Waals surface area contributed by atoms with E-state index in [9.17, 15) is 14.0 Å². The predicted molar refractivity (Wildman–Crippen MR) is 142 cm³/mol. The normalized spacial score (nSPS) is 18.0. The summed E-state index contributed by atoms with van der Waals surface area (Å²) in [7, 11) is 0. The Morgan fingerprint density at radius 3 is 2.59 bits per heavy atom. The van der Waals surface area contributed by atoms with Crippen LogP contribution in [-0.4, -0.2) is 42.4 Å². The van der Waals surface area contributed by atoms with E-state index in [-0.39, 0.29) is 24.3 Å². The molecule has 0 bridgehead atoms. The molecule has 3 aromatic carbocycles. The number of phenolic OH excluding ortho intramolecular Hbond substituents is 1. The van der Waals surface area contributed by atoms with Crippen LogP contribution in [0.25, 0.3) is 11.1 Å². The van der Waals surface area contributed by atoms with Crippen molar-refractivity contribution in [2.45, 2.75) is 45.1 Å². The molecule has 0 saturated carbocycles. The van der Waals surface area contributed by atoms with Gasteiger partial charge in [0.15, 0.2) is 5.75 Å². The zero-order chi connectivity index (χ0) is 25.8. The molecular formula is C31H33F2NO3. The number of ether oxygens (including phenoxy) is 1. The smallest absolute Gasteiger partial charge is 0.172 e. The van der Waals surface area contributed by atoms with Gasteiger partial charge in [-0.1, -0.05) is 30.3 Å². The fraction of sp³-hybridized carbons (Fsp3) is 0.355. The number of likely N-dealkylation sites (tertiary alicyclic amines) is 1. The highest BCUT2D eigenvalue weighted by atomic mass is 19.3. The van der Waals surface area contributed by atoms with Gasteiger partial charge in [-0.3, -0.25) is 14.2 Å². The molecule has 0 spiro atoms. The van der Waals surface area contributed by atoms with E-state index in [1.807, 2.05) is 31.2 Å². The van der Waals surface area contributed by atoms with Crippen LogP contribution >= 0.6 is 0 Å². The van der Waals surface area contributed by atoms with Gasteiger partial charge < -0.3 is 9.84 Å². The van der Waals surface area contributed by atoms with Crippen molar-refractivity contribution in [3.8, 4) is 17.2 Å². The van der Waals surface area contributed by atoms with E-state index in [2.05, 4.69) is 28.0 Å². The number of aromatic hydroxyl groups is 1. The monoisotopic (exact) mass is 505 g/mol. The van der Waals surface area contributed by atoms with Gasteiger partial charge in [0.25, 0.3) is 0 Å². The molecule has 37 heavy (non-hydrogen) atoms. The molecule has 0 aromatic heterocycles. The lowest BCUT2D eigenvalue weighted by Crippen LogP contribution is -2.26. The largest absolute Gasteiger partial charge is 0.508 e. The van der Waals surface area contributed by atoms with Crippen LogP contribution in [0.5, 0.6) is 17.2 Å². The van der Waals surface area contributed by atoms with Crippen molar-refractivity contribution in [2.24, 2.45) is 0 Å². The first-order valence-electron chi connectivity index (χ1n) is 13.1. The molecular weight excluding hydrogens is 472 g/mol. The zero-order valence-electron chi connectivity index (χ0n) is 21.2. The number of hydrogen-bond donors (Lipinski definition) is 1. The maximum absolute atomic E-state index is 13.0. The first kappa shape index (κ1) is 25.3. The van der Waals surface area contributed by atoms with E-state index in [0.29, 0.717) is 6.42 Å². The van der Waals surface area contributed by atoms with Crippen LogP contribution in [0.2, 0.25) is 0 Å². The number of aryl methyl sites for hydroxylation is 1. The molecule has 1 aliphatic heterocycles. The van der Waals surface area contributed by atoms with Crippen LogP contribution in [0, 0.1) is 6.92 Å². The van der Waals surface area contributed by atoms with Gasteiger partial charge in [-0.15, -0.1) is 0 Å². The molecule has 1 heterocycles. The average molecular weight is 506 g/mol. The molecule has 1 atom stereocenters. The molecule has 1 fully saturated rings. The van der Waals surface area contributed by atoms with Gasteiger partial charge >= 0.3 is 0 Å². The Hall–Kier alpha value is -3.38. The topological polar surface area (TPSA) is 41.9 Å². The second kappa shape index (κ2) is 11.3. The summed E-state index contributed by atoms with van der Waals surface area (Å²) >= 11 is 0. The third-order valence-electron chi connectivity index (χ3n) is 7.52. The van der Waals surface area contributed by atoms with Crippen molar-refractivity contribution in [1.82, 2.24) is 4.90 Å². The second-order valence-electron chi connectivity index (χ2n) is 9.95. The second-order valence-corrected chi connectivity index (χ2v) is 9.95. The van der Waals surface area contributed by atoms with Gasteiger partial charge in [0.2, 0.25) is 0 Å². The molecule has 3 aromatic rings. The van der Waals surface area contributed by atoms with E-state index in [1.165, 1.54) is 0 Å². The third-order valence-corrected chi connectivity index (χ3v) is 7.52. The number of benzene rings is 3. The minimum atomic E-state index is -0.283. The van der Waals surface area contributed by atoms with Crippen molar-refractivity contribution in [3.05, 3.63) is 88.5 Å². The summed E-state index contributed by atoms with van der Waals surface area (Å²) in [5, 5.41) is 10.4. The molecule has 4 nitrogen and oxygen atoms in total. The molecule has 1 unspecified atom stereocenters. The molecule has 6 heteroatoms. The summed E-state index contributed by atoms with van der Waals surface area (Å²) in [5.41, 5.74) is 7.24. The Kier molecular flexibility index (Phi) is 7.75. The summed E-state index contributed by atoms with van der Waals surface area (Å²) in [6.45, 7) is 4.18. The van der Waals surface area contributed by atoms with E-state index in [4.69, 9.17) is 4.74 Å². The highest BCUT2D eigenvalue weighted by molar-refractivity contribution is 6.00. The summed E-state index contributed by atoms with van der Waals surface area (Å²) in [6, 6.07) is 19.2. The van der Waals surface area contributed by atoms with Crippen LogP contribution in [0.4, 0.5) is 8.92 Å². The summed E-state index contributed by atoms with van der Waals surface area (Å²) in [6.07, 6.45) is 4.14. The van der Waals surface area contributed by atoms with Crippen LogP contribution in [0.3, 0.4) is 0 Å². The molecule has 2 aliphatic rings. The van der Waals surface area contributed by atoms with E-state index in [1.54, 1.807) is 18.2 Å². The van der Waals surface area contributed by atoms with Crippen molar-refractivity contribution in [2.75, 3.05) is 26.3 Å². The number of halogens is 2. The standard InChI is InChI=1S/C31H33F2NO3/c1-21-27(6-3-8-30(21)35)29-7-2-5-23-19-25(37-33)13-14-28(23)31(29)22-9-11-24(12-10-22)36-26-15-18-34(20-26)17-4-16-32/h3,6,8-14,19,26,35H,2,4-5,7,15-18,20H2,1H3. The predicted octanol–water partition coefficient (Wildman–Crippen LogP) is 7.07. The van der Waals surface area contributed by atoms with Gasteiger partial charge in [-0.05, 0) is 108 Å². The van der Waals surface area contributed by atoms with Crippen LogP contribution in [0.1, 0.15) is 53.5 Å². The Balaban J connectivity index is 1.50. The summed E-state index contributed by atoms with van der Waals surface area (Å²) in [4.78, 5) is 6.28. The molecule has 0 radical (unpaired) electrons. The summed E-state index contributed by atoms with van der Waals surface area (Å²) in [5.74, 6) is 1.29. The van der Waals surface area contributed by atoms with E-state index >= 15 is 0 Å². The number of rotatable bonds is 8. The van der Waals surface area contributed by atoms with Crippen LogP contribution in [-0.2, 0) is 6.42 Å². The molecule has 1 saturated heterocycles. The van der Waals surface area contributed by atoms with Crippen molar-refractivity contribution in [3.63, 3.8) is 0 Å². The highest BCUT2D eigenvalue weighted by Crippen LogP contribution is 2.43. The van der Waals surface area contributed by atoms with Crippen molar-refractivity contribution < 1.29 is 23.7 Å². The number of fused-ring (bicyclic) bond motifs is 1. The van der Waals surface area contributed by atoms with Crippen LogP contribution < -0.4 is 9.68 Å². The molecule has 5 rings (SSSR count). The zero-order valence-corrected chi connectivity index (χ0v) is 21.2.